The van der Waals surface area contributed by atoms with Gasteiger partial charge in [0.05, 0.1) is 29.9 Å². The van der Waals surface area contributed by atoms with Crippen LogP contribution in [0.25, 0.3) is 11.1 Å². The zero-order chi connectivity index (χ0) is 25.6. The van der Waals surface area contributed by atoms with E-state index < -0.39 is 5.91 Å². The second-order valence-corrected chi connectivity index (χ2v) is 8.96. The Kier molecular flexibility index (Phi) is 7.11. The van der Waals surface area contributed by atoms with Crippen LogP contribution in [-0.4, -0.2) is 30.1 Å². The normalized spacial score (nSPS) is 14.9. The topological polar surface area (TPSA) is 113 Å². The van der Waals surface area contributed by atoms with Gasteiger partial charge in [-0.3, -0.25) is 4.79 Å². The zero-order valence-corrected chi connectivity index (χ0v) is 20.2. The lowest BCUT2D eigenvalue weighted by molar-refractivity contribution is 0.100. The number of fused-ring (bicyclic) bond motifs is 1. The Morgan fingerprint density at radius 2 is 1.89 bits per heavy atom. The number of carbonyl (C=O) groups excluding carboxylic acids is 1. The molecule has 4 N–H and O–H groups in total. The number of hydrogen-bond donors (Lipinski definition) is 3. The summed E-state index contributed by atoms with van der Waals surface area (Å²) in [7, 11) is 0. The third-order valence-corrected chi connectivity index (χ3v) is 6.48. The molecule has 0 radical (unpaired) electrons. The smallest absolute Gasteiger partial charge is 0.248 e. The Morgan fingerprint density at radius 3 is 2.65 bits per heavy atom. The Balaban J connectivity index is 1.31. The predicted octanol–water partition coefficient (Wildman–Crippen LogP) is 4.47. The van der Waals surface area contributed by atoms with Crippen molar-refractivity contribution in [1.29, 1.82) is 5.26 Å². The third kappa shape index (κ3) is 5.61. The summed E-state index contributed by atoms with van der Waals surface area (Å²) in [5, 5.41) is 16.2. The highest BCUT2D eigenvalue weighted by atomic mass is 16.5. The monoisotopic (exact) mass is 489 g/mol. The average molecular weight is 490 g/mol. The molecule has 3 aromatic carbocycles. The number of nitrogens with zero attached hydrogens (tertiary/aromatic N) is 2. The molecule has 4 aromatic rings. The van der Waals surface area contributed by atoms with Crippen molar-refractivity contribution < 1.29 is 9.53 Å². The predicted molar refractivity (Wildman–Crippen MR) is 143 cm³/mol. The molecule has 7 nitrogen and oxygen atoms in total. The summed E-state index contributed by atoms with van der Waals surface area (Å²) in [5.41, 5.74) is 11.4. The van der Waals surface area contributed by atoms with Crippen LogP contribution in [0.5, 0.6) is 5.88 Å². The van der Waals surface area contributed by atoms with Crippen LogP contribution >= 0.6 is 0 Å². The van der Waals surface area contributed by atoms with Gasteiger partial charge in [0.25, 0.3) is 0 Å². The van der Waals surface area contributed by atoms with Crippen LogP contribution in [0.3, 0.4) is 0 Å². The van der Waals surface area contributed by atoms with Crippen LogP contribution < -0.4 is 21.1 Å². The molecule has 184 valence electrons. The Morgan fingerprint density at radius 1 is 1.08 bits per heavy atom. The van der Waals surface area contributed by atoms with Gasteiger partial charge in [0.1, 0.15) is 6.10 Å². The van der Waals surface area contributed by atoms with Gasteiger partial charge in [-0.05, 0) is 60.0 Å². The minimum atomic E-state index is -0.462. The second kappa shape index (κ2) is 10.9. The number of ether oxygens (including phenoxy) is 1. The highest BCUT2D eigenvalue weighted by molar-refractivity contribution is 5.94. The number of aromatic nitrogens is 1. The number of nitrogens with one attached hydrogen (secondary N) is 2. The lowest BCUT2D eigenvalue weighted by Gasteiger charge is -2.33. The van der Waals surface area contributed by atoms with E-state index in [1.54, 1.807) is 18.3 Å². The molecule has 0 spiro atoms. The number of nitrogens with two attached hydrogens (primary N) is 1. The maximum Gasteiger partial charge on any atom is 0.248 e. The van der Waals surface area contributed by atoms with E-state index in [9.17, 15) is 4.79 Å². The third-order valence-electron chi connectivity index (χ3n) is 6.48. The minimum absolute atomic E-state index is 0.0473. The first kappa shape index (κ1) is 24.0. The first-order valence-corrected chi connectivity index (χ1v) is 12.2. The van der Waals surface area contributed by atoms with Crippen molar-refractivity contribution in [3.05, 3.63) is 113 Å². The fraction of sp³-hybridized carbons (Fsp3) is 0.167. The van der Waals surface area contributed by atoms with Crippen molar-refractivity contribution in [2.24, 2.45) is 5.73 Å². The van der Waals surface area contributed by atoms with Crippen molar-refractivity contribution in [1.82, 2.24) is 10.3 Å². The number of nitriles is 1. The highest BCUT2D eigenvalue weighted by Crippen LogP contribution is 2.34. The van der Waals surface area contributed by atoms with Crippen molar-refractivity contribution in [3.63, 3.8) is 0 Å². The first-order chi connectivity index (χ1) is 18.1. The molecule has 1 aliphatic heterocycles. The molecular weight excluding hydrogens is 462 g/mol. The van der Waals surface area contributed by atoms with Crippen molar-refractivity contribution in [2.75, 3.05) is 18.4 Å². The molecule has 2 atom stereocenters. The van der Waals surface area contributed by atoms with Crippen molar-refractivity contribution in [2.45, 2.75) is 18.6 Å². The van der Waals surface area contributed by atoms with Gasteiger partial charge < -0.3 is 21.1 Å². The Bertz CT molecular complexity index is 1430. The van der Waals surface area contributed by atoms with Crippen LogP contribution in [-0.2, 0) is 6.42 Å². The van der Waals surface area contributed by atoms with E-state index in [0.717, 1.165) is 35.3 Å². The molecule has 0 aliphatic carbocycles. The van der Waals surface area contributed by atoms with E-state index in [-0.39, 0.29) is 12.1 Å². The van der Waals surface area contributed by atoms with Gasteiger partial charge in [0, 0.05) is 17.3 Å². The van der Waals surface area contributed by atoms with Gasteiger partial charge in [0.2, 0.25) is 11.8 Å². The maximum atomic E-state index is 11.6. The molecule has 7 heteroatoms. The Hall–Kier alpha value is -4.67. The molecule has 0 fully saturated rings. The van der Waals surface area contributed by atoms with Crippen molar-refractivity contribution >= 4 is 11.6 Å². The number of carbonyl (C=O) groups is 1. The number of amides is 1. The van der Waals surface area contributed by atoms with E-state index >= 15 is 0 Å². The fourth-order valence-electron chi connectivity index (χ4n) is 4.51. The first-order valence-electron chi connectivity index (χ1n) is 12.2. The van der Waals surface area contributed by atoms with Crippen LogP contribution in [0.1, 0.15) is 33.1 Å². The van der Waals surface area contributed by atoms with E-state index in [4.69, 9.17) is 15.7 Å². The number of benzene rings is 3. The average Bonchev–Trinajstić information content (AvgIpc) is 2.95. The summed E-state index contributed by atoms with van der Waals surface area (Å²) < 4.78 is 6.39. The number of hydrogen-bond acceptors (Lipinski definition) is 6. The molecule has 0 unspecified atom stereocenters. The van der Waals surface area contributed by atoms with Crippen LogP contribution in [0.4, 0.5) is 5.69 Å². The second-order valence-electron chi connectivity index (χ2n) is 8.96. The van der Waals surface area contributed by atoms with E-state index in [0.29, 0.717) is 23.6 Å². The van der Waals surface area contributed by atoms with Crippen LogP contribution in [0.2, 0.25) is 0 Å². The lowest BCUT2D eigenvalue weighted by atomic mass is 9.99. The van der Waals surface area contributed by atoms with Gasteiger partial charge in [-0.15, -0.1) is 0 Å². The SMILES string of the molecule is N#Cc1ccc(CCN[C@H](c2ccccc2)[C@@H]2CNc3cc(-c4cccc(C(N)=O)c4)cnc3O2)cc1. The quantitative estimate of drug-likeness (QED) is 0.337. The van der Waals surface area contributed by atoms with E-state index in [1.807, 2.05) is 60.7 Å². The largest absolute Gasteiger partial charge is 0.469 e. The fourth-order valence-corrected chi connectivity index (χ4v) is 4.51. The number of pyridine rings is 1. The summed E-state index contributed by atoms with van der Waals surface area (Å²) in [5.74, 6) is 0.0802. The Labute approximate surface area is 215 Å². The molecule has 2 heterocycles. The van der Waals surface area contributed by atoms with Crippen LogP contribution in [0.15, 0.2) is 91.1 Å². The summed E-state index contributed by atoms with van der Waals surface area (Å²) >= 11 is 0. The summed E-state index contributed by atoms with van der Waals surface area (Å²) in [4.78, 5) is 16.2. The molecule has 1 amide bonds. The minimum Gasteiger partial charge on any atom is -0.469 e. The molecular formula is C30H27N5O2. The molecule has 1 aliphatic rings. The molecule has 5 rings (SSSR count). The maximum absolute atomic E-state index is 11.6. The summed E-state index contributed by atoms with van der Waals surface area (Å²) in [6.07, 6.45) is 2.41. The molecule has 0 saturated carbocycles. The molecule has 1 aromatic heterocycles. The van der Waals surface area contributed by atoms with Gasteiger partial charge in [-0.1, -0.05) is 54.6 Å². The van der Waals surface area contributed by atoms with Gasteiger partial charge in [-0.25, -0.2) is 4.98 Å². The van der Waals surface area contributed by atoms with E-state index in [2.05, 4.69) is 33.8 Å². The number of rotatable bonds is 8. The van der Waals surface area contributed by atoms with E-state index in [1.165, 1.54) is 5.56 Å². The van der Waals surface area contributed by atoms with Crippen molar-refractivity contribution in [3.8, 4) is 23.1 Å². The number of primary amides is 1. The van der Waals surface area contributed by atoms with Gasteiger partial charge in [0.15, 0.2) is 0 Å². The van der Waals surface area contributed by atoms with Crippen LogP contribution in [0, 0.1) is 11.3 Å². The molecule has 0 bridgehead atoms. The zero-order valence-electron chi connectivity index (χ0n) is 20.2. The standard InChI is InChI=1S/C30H27N5O2/c31-17-21-11-9-20(10-12-21)13-14-33-28(22-5-2-1-3-6-22)27-19-34-26-16-25(18-35-30(26)37-27)23-7-4-8-24(15-23)29(32)36/h1-12,15-16,18,27-28,33-34H,13-14,19H2,(H2,32,36)/t27-,28+/m0/s1. The summed E-state index contributed by atoms with van der Waals surface area (Å²) in [6, 6.07) is 29.2. The summed E-state index contributed by atoms with van der Waals surface area (Å²) in [6.45, 7) is 1.35. The number of anilines is 1. The van der Waals surface area contributed by atoms with Gasteiger partial charge >= 0.3 is 0 Å². The molecule has 0 saturated heterocycles. The van der Waals surface area contributed by atoms with Gasteiger partial charge in [-0.2, -0.15) is 5.26 Å². The molecule has 37 heavy (non-hydrogen) atoms. The highest BCUT2D eigenvalue weighted by Gasteiger charge is 2.29. The lowest BCUT2D eigenvalue weighted by Crippen LogP contribution is -2.43.